The zero-order valence-electron chi connectivity index (χ0n) is 7.31. The highest BCUT2D eigenvalue weighted by atomic mass is 32.1. The number of carbonyl (C=O) groups excluding carboxylic acids is 1. The summed E-state index contributed by atoms with van der Waals surface area (Å²) < 4.78 is -0.0328. The minimum Gasteiger partial charge on any atom is -0.548 e. The third kappa shape index (κ3) is 3.02. The molecule has 3 N–H and O–H groups in total. The van der Waals surface area contributed by atoms with E-state index in [1.165, 1.54) is 0 Å². The molecule has 0 fully saturated rings. The average Bonchev–Trinajstić information content (AvgIpc) is 2.08. The van der Waals surface area contributed by atoms with E-state index in [1.54, 1.807) is 0 Å². The zero-order chi connectivity index (χ0) is 11.4. The van der Waals surface area contributed by atoms with E-state index in [1.807, 2.05) is 0 Å². The number of carbonyl (C=O) groups is 1. The van der Waals surface area contributed by atoms with Crippen LogP contribution < -0.4 is 10.7 Å². The second-order valence-electron chi connectivity index (χ2n) is 2.51. The Kier molecular flexibility index (Phi) is 3.34. The number of nitrogens with one attached hydrogen (secondary N) is 2. The molecule has 0 radical (unpaired) electrons. The van der Waals surface area contributed by atoms with Gasteiger partial charge in [0.15, 0.2) is 4.77 Å². The first-order chi connectivity index (χ1) is 7.00. The molecule has 80 valence electrons. The van der Waals surface area contributed by atoms with Gasteiger partial charge in [0.1, 0.15) is 5.56 Å². The minimum atomic E-state index is -1.38. The molecule has 7 nitrogen and oxygen atoms in total. The van der Waals surface area contributed by atoms with Gasteiger partial charge in [0.05, 0.1) is 12.5 Å². The van der Waals surface area contributed by atoms with Crippen molar-refractivity contribution in [3.8, 4) is 5.88 Å². The van der Waals surface area contributed by atoms with Gasteiger partial charge in [-0.2, -0.15) is 0 Å². The SMILES string of the molecule is O=C([O-])CN=Cc1c(O)[nH]c(=S)[nH]c1=O. The Morgan fingerprint density at radius 2 is 2.27 bits per heavy atom. The summed E-state index contributed by atoms with van der Waals surface area (Å²) in [5.41, 5.74) is -0.844. The molecule has 0 bridgehead atoms. The fourth-order valence-corrected chi connectivity index (χ4v) is 1.00. The number of H-pyrrole nitrogens is 2. The first-order valence-corrected chi connectivity index (χ1v) is 4.17. The number of aromatic amines is 2. The summed E-state index contributed by atoms with van der Waals surface area (Å²) in [6.07, 6.45) is 0.926. The van der Waals surface area contributed by atoms with Crippen molar-refractivity contribution in [1.29, 1.82) is 0 Å². The van der Waals surface area contributed by atoms with Gasteiger partial charge >= 0.3 is 0 Å². The molecule has 0 aliphatic carbocycles. The lowest BCUT2D eigenvalue weighted by atomic mass is 10.3. The van der Waals surface area contributed by atoms with E-state index in [4.69, 9.17) is 0 Å². The summed E-state index contributed by atoms with van der Waals surface area (Å²) in [5, 5.41) is 19.3. The van der Waals surface area contributed by atoms with Crippen LogP contribution >= 0.6 is 12.2 Å². The Balaban J connectivity index is 3.05. The van der Waals surface area contributed by atoms with Gasteiger partial charge in [0.2, 0.25) is 5.88 Å². The van der Waals surface area contributed by atoms with Gasteiger partial charge in [-0.15, -0.1) is 0 Å². The maximum atomic E-state index is 11.2. The van der Waals surface area contributed by atoms with Crippen LogP contribution in [-0.2, 0) is 4.79 Å². The lowest BCUT2D eigenvalue weighted by Gasteiger charge is -1.97. The monoisotopic (exact) mass is 228 g/mol. The van der Waals surface area contributed by atoms with Gasteiger partial charge in [-0.05, 0) is 12.2 Å². The van der Waals surface area contributed by atoms with Crippen molar-refractivity contribution in [2.24, 2.45) is 4.99 Å². The quantitative estimate of drug-likeness (QED) is 0.421. The largest absolute Gasteiger partial charge is 0.548 e. The van der Waals surface area contributed by atoms with Crippen LogP contribution in [0, 0.1) is 4.77 Å². The number of aromatic nitrogens is 2. The number of carboxylic acids is 1. The molecule has 15 heavy (non-hydrogen) atoms. The van der Waals surface area contributed by atoms with Crippen LogP contribution in [0.15, 0.2) is 9.79 Å². The number of aliphatic carboxylic acids is 1. The van der Waals surface area contributed by atoms with Crippen LogP contribution in [0.25, 0.3) is 0 Å². The predicted octanol–water partition coefficient (Wildman–Crippen LogP) is -1.69. The van der Waals surface area contributed by atoms with Gasteiger partial charge in [0.25, 0.3) is 5.56 Å². The van der Waals surface area contributed by atoms with Crippen molar-refractivity contribution in [2.75, 3.05) is 6.54 Å². The Labute approximate surface area is 88.1 Å². The van der Waals surface area contributed by atoms with Gasteiger partial charge in [-0.25, -0.2) is 0 Å². The zero-order valence-corrected chi connectivity index (χ0v) is 8.13. The van der Waals surface area contributed by atoms with E-state index in [0.29, 0.717) is 0 Å². The lowest BCUT2D eigenvalue weighted by molar-refractivity contribution is -0.303. The number of aromatic hydroxyl groups is 1. The van der Waals surface area contributed by atoms with Crippen LogP contribution in [0.1, 0.15) is 5.56 Å². The summed E-state index contributed by atoms with van der Waals surface area (Å²) in [7, 11) is 0. The number of hydrogen-bond acceptors (Lipinski definition) is 6. The van der Waals surface area contributed by atoms with Gasteiger partial charge < -0.3 is 20.0 Å². The third-order valence-electron chi connectivity index (χ3n) is 1.40. The van der Waals surface area contributed by atoms with Gasteiger partial charge in [-0.3, -0.25) is 14.8 Å². The molecule has 1 rings (SSSR count). The minimum absolute atomic E-state index is 0.0328. The molecule has 0 atom stereocenters. The fraction of sp³-hybridized carbons (Fsp3) is 0.143. The molecular weight excluding hydrogens is 222 g/mol. The third-order valence-corrected chi connectivity index (χ3v) is 1.60. The second kappa shape index (κ2) is 4.51. The summed E-state index contributed by atoms with van der Waals surface area (Å²) >= 11 is 4.58. The molecule has 0 aliphatic rings. The molecule has 1 heterocycles. The Morgan fingerprint density at radius 1 is 1.60 bits per heavy atom. The maximum Gasteiger partial charge on any atom is 0.264 e. The highest BCUT2D eigenvalue weighted by molar-refractivity contribution is 7.71. The molecule has 0 saturated carbocycles. The van der Waals surface area contributed by atoms with Crippen molar-refractivity contribution >= 4 is 24.4 Å². The molecule has 0 aliphatic heterocycles. The van der Waals surface area contributed by atoms with Crippen molar-refractivity contribution in [3.63, 3.8) is 0 Å². The standard InChI is InChI=1S/C7H7N3O4S/c11-4(12)2-8-1-3-5(13)9-7(15)10-6(3)14/h1H,2H2,(H,11,12)(H3,9,10,13,14,15)/p-1. The van der Waals surface area contributed by atoms with Crippen molar-refractivity contribution in [2.45, 2.75) is 0 Å². The average molecular weight is 228 g/mol. The van der Waals surface area contributed by atoms with E-state index >= 15 is 0 Å². The van der Waals surface area contributed by atoms with Crippen LogP contribution in [0.5, 0.6) is 5.88 Å². The molecule has 0 amide bonds. The fourth-order valence-electron chi connectivity index (χ4n) is 0.815. The van der Waals surface area contributed by atoms with Crippen molar-refractivity contribution in [3.05, 3.63) is 20.7 Å². The molecular formula is C7H6N3O4S-. The number of nitrogens with zero attached hydrogens (tertiary/aromatic N) is 1. The van der Waals surface area contributed by atoms with Gasteiger partial charge in [0, 0.05) is 6.21 Å². The Morgan fingerprint density at radius 3 is 2.80 bits per heavy atom. The topological polar surface area (TPSA) is 121 Å². The van der Waals surface area contributed by atoms with Crippen LogP contribution in [-0.4, -0.2) is 33.8 Å². The molecule has 0 spiro atoms. The number of aliphatic imine (C=N–C) groups is 1. The van der Waals surface area contributed by atoms with E-state index < -0.39 is 24.0 Å². The first-order valence-electron chi connectivity index (χ1n) is 3.76. The number of carboxylic acid groups (broad SMARTS) is 1. The van der Waals surface area contributed by atoms with Crippen LogP contribution in [0.3, 0.4) is 0 Å². The number of rotatable bonds is 3. The summed E-state index contributed by atoms with van der Waals surface area (Å²) in [5.74, 6) is -1.85. The summed E-state index contributed by atoms with van der Waals surface area (Å²) in [4.78, 5) is 29.1. The highest BCUT2D eigenvalue weighted by Gasteiger charge is 2.03. The molecule has 0 aromatic carbocycles. The molecule has 0 saturated heterocycles. The summed E-state index contributed by atoms with van der Waals surface area (Å²) in [6, 6.07) is 0. The van der Waals surface area contributed by atoms with Crippen molar-refractivity contribution < 1.29 is 15.0 Å². The Hall–Kier alpha value is -1.96. The Bertz CT molecular complexity index is 516. The smallest absolute Gasteiger partial charge is 0.264 e. The summed E-state index contributed by atoms with van der Waals surface area (Å²) in [6.45, 7) is -0.589. The van der Waals surface area contributed by atoms with Crippen LogP contribution in [0.2, 0.25) is 0 Å². The van der Waals surface area contributed by atoms with Crippen LogP contribution in [0.4, 0.5) is 0 Å². The normalized spacial score (nSPS) is 10.7. The highest BCUT2D eigenvalue weighted by Crippen LogP contribution is 2.03. The molecule has 1 aromatic rings. The van der Waals surface area contributed by atoms with E-state index in [-0.39, 0.29) is 10.3 Å². The number of hydrogen-bond donors (Lipinski definition) is 3. The van der Waals surface area contributed by atoms with E-state index in [0.717, 1.165) is 6.21 Å². The lowest BCUT2D eigenvalue weighted by Crippen LogP contribution is -2.25. The predicted molar refractivity (Wildman–Crippen MR) is 51.4 cm³/mol. The van der Waals surface area contributed by atoms with Gasteiger partial charge in [-0.1, -0.05) is 0 Å². The molecule has 8 heteroatoms. The maximum absolute atomic E-state index is 11.2. The molecule has 1 aromatic heterocycles. The van der Waals surface area contributed by atoms with E-state index in [9.17, 15) is 19.8 Å². The van der Waals surface area contributed by atoms with Crippen molar-refractivity contribution in [1.82, 2.24) is 9.97 Å². The van der Waals surface area contributed by atoms with E-state index in [2.05, 4.69) is 27.2 Å². The second-order valence-corrected chi connectivity index (χ2v) is 2.92. The first kappa shape index (κ1) is 11.1. The molecule has 0 unspecified atom stereocenters.